The molecule has 0 atom stereocenters. The van der Waals surface area contributed by atoms with Gasteiger partial charge in [-0.2, -0.15) is 4.98 Å². The largest absolute Gasteiger partial charge is 0.368 e. The lowest BCUT2D eigenvalue weighted by atomic mass is 10.4. The van der Waals surface area contributed by atoms with Crippen molar-refractivity contribution >= 4 is 34.7 Å². The van der Waals surface area contributed by atoms with Crippen LogP contribution in [-0.4, -0.2) is 28.0 Å². The van der Waals surface area contributed by atoms with Crippen LogP contribution in [0.5, 0.6) is 0 Å². The number of aromatic nitrogens is 3. The maximum Gasteiger partial charge on any atom is 0.224 e. The van der Waals surface area contributed by atoms with Crippen LogP contribution in [0.25, 0.3) is 0 Å². The van der Waals surface area contributed by atoms with Crippen molar-refractivity contribution in [3.8, 4) is 0 Å². The highest BCUT2D eigenvalue weighted by molar-refractivity contribution is 7.09. The number of anilines is 2. The van der Waals surface area contributed by atoms with Gasteiger partial charge in [0.2, 0.25) is 5.95 Å². The van der Waals surface area contributed by atoms with Crippen molar-refractivity contribution in [2.45, 2.75) is 26.7 Å². The SMILES string of the molecule is CCCNc1ncc(Cl)c(NCCc2nc(C)cs2)n1. The lowest BCUT2D eigenvalue weighted by Crippen LogP contribution is -2.10. The lowest BCUT2D eigenvalue weighted by Gasteiger charge is -2.09. The zero-order valence-electron chi connectivity index (χ0n) is 11.6. The van der Waals surface area contributed by atoms with Crippen LogP contribution < -0.4 is 10.6 Å². The van der Waals surface area contributed by atoms with E-state index in [2.05, 4.69) is 37.9 Å². The first-order valence-corrected chi connectivity index (χ1v) is 7.86. The predicted molar refractivity (Wildman–Crippen MR) is 84.9 cm³/mol. The van der Waals surface area contributed by atoms with Crippen molar-refractivity contribution in [3.05, 3.63) is 27.3 Å². The minimum Gasteiger partial charge on any atom is -0.368 e. The van der Waals surface area contributed by atoms with E-state index in [1.54, 1.807) is 17.5 Å². The van der Waals surface area contributed by atoms with Crippen LogP contribution in [0.15, 0.2) is 11.6 Å². The number of nitrogens with zero attached hydrogens (tertiary/aromatic N) is 3. The molecule has 0 aromatic carbocycles. The van der Waals surface area contributed by atoms with Gasteiger partial charge in [0.15, 0.2) is 0 Å². The molecular weight excluding hydrogens is 294 g/mol. The molecule has 0 bridgehead atoms. The van der Waals surface area contributed by atoms with Gasteiger partial charge in [0.1, 0.15) is 10.8 Å². The van der Waals surface area contributed by atoms with Crippen LogP contribution in [0.3, 0.4) is 0 Å². The molecule has 0 spiro atoms. The summed E-state index contributed by atoms with van der Waals surface area (Å²) in [6.45, 7) is 5.69. The number of aryl methyl sites for hydroxylation is 1. The zero-order valence-corrected chi connectivity index (χ0v) is 13.2. The van der Waals surface area contributed by atoms with E-state index in [0.29, 0.717) is 16.8 Å². The van der Waals surface area contributed by atoms with E-state index in [0.717, 1.165) is 36.6 Å². The zero-order chi connectivity index (χ0) is 14.4. The molecule has 0 amide bonds. The normalized spacial score (nSPS) is 10.6. The maximum atomic E-state index is 6.09. The minimum atomic E-state index is 0.530. The van der Waals surface area contributed by atoms with Gasteiger partial charge < -0.3 is 10.6 Å². The topological polar surface area (TPSA) is 62.7 Å². The number of thiazole rings is 1. The van der Waals surface area contributed by atoms with Crippen molar-refractivity contribution in [2.24, 2.45) is 0 Å². The second kappa shape index (κ2) is 7.40. The molecule has 5 nitrogen and oxygen atoms in total. The van der Waals surface area contributed by atoms with Gasteiger partial charge in [0.25, 0.3) is 0 Å². The molecular formula is C13H18ClN5S. The Labute approximate surface area is 127 Å². The molecule has 7 heteroatoms. The van der Waals surface area contributed by atoms with Gasteiger partial charge in [-0.3, -0.25) is 0 Å². The first-order valence-electron chi connectivity index (χ1n) is 6.60. The molecule has 0 aliphatic carbocycles. The van der Waals surface area contributed by atoms with E-state index < -0.39 is 0 Å². The van der Waals surface area contributed by atoms with Crippen LogP contribution in [-0.2, 0) is 6.42 Å². The Morgan fingerprint density at radius 1 is 1.25 bits per heavy atom. The summed E-state index contributed by atoms with van der Waals surface area (Å²) in [4.78, 5) is 12.9. The summed E-state index contributed by atoms with van der Waals surface area (Å²) in [5.41, 5.74) is 1.07. The predicted octanol–water partition coefficient (Wildman–Crippen LogP) is 3.37. The third kappa shape index (κ3) is 4.31. The minimum absolute atomic E-state index is 0.530. The highest BCUT2D eigenvalue weighted by Crippen LogP contribution is 2.19. The Morgan fingerprint density at radius 2 is 2.10 bits per heavy atom. The summed E-state index contributed by atoms with van der Waals surface area (Å²) in [6, 6.07) is 0. The van der Waals surface area contributed by atoms with Gasteiger partial charge >= 0.3 is 0 Å². The Bertz CT molecular complexity index is 557. The summed E-state index contributed by atoms with van der Waals surface area (Å²) in [5.74, 6) is 1.26. The van der Waals surface area contributed by atoms with Gasteiger partial charge in [-0.15, -0.1) is 11.3 Å². The summed E-state index contributed by atoms with van der Waals surface area (Å²) < 4.78 is 0. The average molecular weight is 312 g/mol. The molecule has 0 radical (unpaired) electrons. The molecule has 0 aliphatic rings. The standard InChI is InChI=1S/C13H18ClN5S/c1-3-5-16-13-17-7-10(14)12(19-13)15-6-4-11-18-9(2)8-20-11/h7-8H,3-6H2,1-2H3,(H2,15,16,17,19). The highest BCUT2D eigenvalue weighted by Gasteiger charge is 2.05. The lowest BCUT2D eigenvalue weighted by molar-refractivity contribution is 0.943. The molecule has 0 saturated heterocycles. The molecule has 2 heterocycles. The van der Waals surface area contributed by atoms with Crippen molar-refractivity contribution in [1.29, 1.82) is 0 Å². The number of nitrogens with one attached hydrogen (secondary N) is 2. The highest BCUT2D eigenvalue weighted by atomic mass is 35.5. The van der Waals surface area contributed by atoms with Gasteiger partial charge in [-0.25, -0.2) is 9.97 Å². The van der Waals surface area contributed by atoms with Crippen LogP contribution in [0.1, 0.15) is 24.0 Å². The van der Waals surface area contributed by atoms with Crippen molar-refractivity contribution in [1.82, 2.24) is 15.0 Å². The van der Waals surface area contributed by atoms with E-state index in [9.17, 15) is 0 Å². The fourth-order valence-electron chi connectivity index (χ4n) is 1.62. The number of rotatable bonds is 7. The first kappa shape index (κ1) is 15.0. The second-order valence-electron chi connectivity index (χ2n) is 4.38. The Kier molecular flexibility index (Phi) is 5.55. The molecule has 0 aliphatic heterocycles. The summed E-state index contributed by atoms with van der Waals surface area (Å²) >= 11 is 7.76. The Hall–Kier alpha value is -1.40. The fourth-order valence-corrected chi connectivity index (χ4v) is 2.55. The van der Waals surface area contributed by atoms with Gasteiger partial charge in [-0.05, 0) is 13.3 Å². The summed E-state index contributed by atoms with van der Waals surface area (Å²) in [6.07, 6.45) is 3.50. The molecule has 2 aromatic rings. The summed E-state index contributed by atoms with van der Waals surface area (Å²) in [5, 5.41) is 10.1. The molecule has 2 aromatic heterocycles. The molecule has 108 valence electrons. The first-order chi connectivity index (χ1) is 9.69. The monoisotopic (exact) mass is 311 g/mol. The van der Waals surface area contributed by atoms with Crippen LogP contribution in [0, 0.1) is 6.92 Å². The molecule has 0 unspecified atom stereocenters. The van der Waals surface area contributed by atoms with E-state index in [1.165, 1.54) is 0 Å². The van der Waals surface area contributed by atoms with Crippen molar-refractivity contribution in [2.75, 3.05) is 23.7 Å². The quantitative estimate of drug-likeness (QED) is 0.821. The van der Waals surface area contributed by atoms with E-state index in [1.807, 2.05) is 6.92 Å². The van der Waals surface area contributed by atoms with E-state index >= 15 is 0 Å². The van der Waals surface area contributed by atoms with E-state index in [4.69, 9.17) is 11.6 Å². The van der Waals surface area contributed by atoms with Gasteiger partial charge in [0, 0.05) is 30.6 Å². The average Bonchev–Trinajstić information content (AvgIpc) is 2.85. The number of halogens is 1. The van der Waals surface area contributed by atoms with E-state index in [-0.39, 0.29) is 0 Å². The van der Waals surface area contributed by atoms with Gasteiger partial charge in [0.05, 0.1) is 11.2 Å². The van der Waals surface area contributed by atoms with Crippen LogP contribution >= 0.6 is 22.9 Å². The third-order valence-corrected chi connectivity index (χ3v) is 3.88. The fraction of sp³-hybridized carbons (Fsp3) is 0.462. The van der Waals surface area contributed by atoms with Crippen LogP contribution in [0.2, 0.25) is 5.02 Å². The van der Waals surface area contributed by atoms with Crippen molar-refractivity contribution in [3.63, 3.8) is 0 Å². The maximum absolute atomic E-state index is 6.09. The van der Waals surface area contributed by atoms with Crippen molar-refractivity contribution < 1.29 is 0 Å². The number of hydrogen-bond acceptors (Lipinski definition) is 6. The molecule has 0 fully saturated rings. The summed E-state index contributed by atoms with van der Waals surface area (Å²) in [7, 11) is 0. The number of hydrogen-bond donors (Lipinski definition) is 2. The molecule has 0 saturated carbocycles. The Balaban J connectivity index is 1.90. The molecule has 20 heavy (non-hydrogen) atoms. The van der Waals surface area contributed by atoms with Gasteiger partial charge in [-0.1, -0.05) is 18.5 Å². The smallest absolute Gasteiger partial charge is 0.224 e. The molecule has 2 N–H and O–H groups in total. The molecule has 2 rings (SSSR count). The third-order valence-electron chi connectivity index (χ3n) is 2.58. The second-order valence-corrected chi connectivity index (χ2v) is 5.73. The Morgan fingerprint density at radius 3 is 2.80 bits per heavy atom. The van der Waals surface area contributed by atoms with Crippen LogP contribution in [0.4, 0.5) is 11.8 Å².